The first-order valence-electron chi connectivity index (χ1n) is 5.26. The molecule has 2 rings (SSSR count). The predicted molar refractivity (Wildman–Crippen MR) is 62.1 cm³/mol. The normalized spacial score (nSPS) is 13.5. The second kappa shape index (κ2) is 4.22. The highest BCUT2D eigenvalue weighted by Crippen LogP contribution is 2.28. The summed E-state index contributed by atoms with van der Waals surface area (Å²) < 4.78 is 0. The number of likely N-dealkylation sites (N-methyl/N-ethyl adjacent to an activating group) is 1. The van der Waals surface area contributed by atoms with Crippen LogP contribution < -0.4 is 10.2 Å². The summed E-state index contributed by atoms with van der Waals surface area (Å²) in [5, 5.41) is 11.7. The van der Waals surface area contributed by atoms with Gasteiger partial charge in [0.1, 0.15) is 0 Å². The van der Waals surface area contributed by atoms with Crippen LogP contribution in [-0.2, 0) is 6.42 Å². The number of nitrogens with one attached hydrogen (secondary N) is 1. The fraction of sp³-hybridized carbons (Fsp3) is 0.417. The minimum Gasteiger partial charge on any atom is -0.384 e. The third kappa shape index (κ3) is 2.04. The molecule has 0 bridgehead atoms. The Morgan fingerprint density at radius 3 is 3.20 bits per heavy atom. The fourth-order valence-electron chi connectivity index (χ4n) is 1.94. The molecule has 3 nitrogen and oxygen atoms in total. The summed E-state index contributed by atoms with van der Waals surface area (Å²) in [5.41, 5.74) is 3.86. The molecule has 1 aromatic rings. The lowest BCUT2D eigenvalue weighted by Crippen LogP contribution is -2.12. The third-order valence-electron chi connectivity index (χ3n) is 2.77. The molecular formula is C12H15N3. The molecule has 1 aliphatic heterocycles. The summed E-state index contributed by atoms with van der Waals surface area (Å²) in [5.74, 6) is 0. The zero-order valence-corrected chi connectivity index (χ0v) is 8.95. The SMILES string of the molecule is CN1CCc2cc(NCCC#N)ccc21. The van der Waals surface area contributed by atoms with Crippen molar-refractivity contribution in [2.45, 2.75) is 12.8 Å². The maximum Gasteiger partial charge on any atom is 0.0640 e. The van der Waals surface area contributed by atoms with Gasteiger partial charge in [-0.05, 0) is 30.2 Å². The fourth-order valence-corrected chi connectivity index (χ4v) is 1.94. The zero-order valence-electron chi connectivity index (χ0n) is 8.95. The molecule has 0 atom stereocenters. The van der Waals surface area contributed by atoms with Crippen LogP contribution in [0.2, 0.25) is 0 Å². The number of rotatable bonds is 3. The molecule has 0 fully saturated rings. The van der Waals surface area contributed by atoms with Crippen molar-refractivity contribution in [2.24, 2.45) is 0 Å². The highest BCUT2D eigenvalue weighted by atomic mass is 15.1. The Morgan fingerprint density at radius 1 is 1.53 bits per heavy atom. The Hall–Kier alpha value is -1.69. The van der Waals surface area contributed by atoms with Crippen molar-refractivity contribution < 1.29 is 0 Å². The molecule has 1 heterocycles. The molecule has 0 saturated heterocycles. The minimum atomic E-state index is 0.553. The molecule has 1 aliphatic rings. The molecule has 0 amide bonds. The molecule has 15 heavy (non-hydrogen) atoms. The van der Waals surface area contributed by atoms with E-state index in [2.05, 4.69) is 41.5 Å². The van der Waals surface area contributed by atoms with Gasteiger partial charge in [-0.15, -0.1) is 0 Å². The second-order valence-electron chi connectivity index (χ2n) is 3.85. The van der Waals surface area contributed by atoms with E-state index < -0.39 is 0 Å². The molecule has 3 heteroatoms. The maximum atomic E-state index is 8.44. The van der Waals surface area contributed by atoms with E-state index in [0.29, 0.717) is 6.42 Å². The Kier molecular flexibility index (Phi) is 2.77. The summed E-state index contributed by atoms with van der Waals surface area (Å²) in [4.78, 5) is 2.27. The molecule has 0 aromatic heterocycles. The van der Waals surface area contributed by atoms with Gasteiger partial charge in [0, 0.05) is 31.5 Å². The van der Waals surface area contributed by atoms with Gasteiger partial charge >= 0.3 is 0 Å². The molecule has 0 aliphatic carbocycles. The Bertz CT molecular complexity index is 392. The van der Waals surface area contributed by atoms with Crippen molar-refractivity contribution in [2.75, 3.05) is 30.4 Å². The van der Waals surface area contributed by atoms with Gasteiger partial charge in [-0.3, -0.25) is 0 Å². The van der Waals surface area contributed by atoms with Gasteiger partial charge < -0.3 is 10.2 Å². The van der Waals surface area contributed by atoms with E-state index in [0.717, 1.165) is 25.2 Å². The average Bonchev–Trinajstić information content (AvgIpc) is 2.61. The van der Waals surface area contributed by atoms with Crippen LogP contribution in [0.15, 0.2) is 18.2 Å². The van der Waals surface area contributed by atoms with Crippen molar-refractivity contribution in [3.8, 4) is 6.07 Å². The first kappa shape index (κ1) is 9.85. The molecular weight excluding hydrogens is 186 g/mol. The van der Waals surface area contributed by atoms with Crippen molar-refractivity contribution >= 4 is 11.4 Å². The van der Waals surface area contributed by atoms with E-state index in [1.165, 1.54) is 11.3 Å². The first-order valence-corrected chi connectivity index (χ1v) is 5.26. The van der Waals surface area contributed by atoms with Gasteiger partial charge in [-0.25, -0.2) is 0 Å². The smallest absolute Gasteiger partial charge is 0.0640 e. The molecule has 1 aromatic carbocycles. The van der Waals surface area contributed by atoms with Gasteiger partial charge in [0.2, 0.25) is 0 Å². The summed E-state index contributed by atoms with van der Waals surface area (Å²) in [6, 6.07) is 8.55. The summed E-state index contributed by atoms with van der Waals surface area (Å²) in [6.07, 6.45) is 1.68. The van der Waals surface area contributed by atoms with Gasteiger partial charge in [0.25, 0.3) is 0 Å². The number of anilines is 2. The molecule has 0 saturated carbocycles. The molecule has 0 spiro atoms. The van der Waals surface area contributed by atoms with E-state index >= 15 is 0 Å². The standard InChI is InChI=1S/C12H15N3/c1-15-8-5-10-9-11(3-4-12(10)15)14-7-2-6-13/h3-4,9,14H,2,5,7-8H2,1H3. The third-order valence-corrected chi connectivity index (χ3v) is 2.77. The van der Waals surface area contributed by atoms with Crippen molar-refractivity contribution in [3.05, 3.63) is 23.8 Å². The molecule has 78 valence electrons. The van der Waals surface area contributed by atoms with E-state index in [9.17, 15) is 0 Å². The lowest BCUT2D eigenvalue weighted by molar-refractivity contribution is 0.956. The van der Waals surface area contributed by atoms with E-state index in [4.69, 9.17) is 5.26 Å². The van der Waals surface area contributed by atoms with Crippen LogP contribution in [0.3, 0.4) is 0 Å². The maximum absolute atomic E-state index is 8.44. The first-order chi connectivity index (χ1) is 7.31. The van der Waals surface area contributed by atoms with Gasteiger partial charge in [-0.2, -0.15) is 5.26 Å². The largest absolute Gasteiger partial charge is 0.384 e. The van der Waals surface area contributed by atoms with E-state index in [1.807, 2.05) is 0 Å². The quantitative estimate of drug-likeness (QED) is 0.760. The highest BCUT2D eigenvalue weighted by molar-refractivity contribution is 5.63. The number of nitrogens with zero attached hydrogens (tertiary/aromatic N) is 2. The Morgan fingerprint density at radius 2 is 2.40 bits per heavy atom. The topological polar surface area (TPSA) is 39.1 Å². The van der Waals surface area contributed by atoms with Crippen LogP contribution in [-0.4, -0.2) is 20.1 Å². The van der Waals surface area contributed by atoms with E-state index in [1.54, 1.807) is 0 Å². The number of hydrogen-bond donors (Lipinski definition) is 1. The number of benzene rings is 1. The summed E-state index contributed by atoms with van der Waals surface area (Å²) in [6.45, 7) is 1.84. The van der Waals surface area contributed by atoms with E-state index in [-0.39, 0.29) is 0 Å². The average molecular weight is 201 g/mol. The minimum absolute atomic E-state index is 0.553. The molecule has 0 unspecified atom stereocenters. The van der Waals surface area contributed by atoms with Crippen LogP contribution >= 0.6 is 0 Å². The van der Waals surface area contributed by atoms with Crippen LogP contribution in [0.5, 0.6) is 0 Å². The van der Waals surface area contributed by atoms with Crippen LogP contribution in [0.4, 0.5) is 11.4 Å². The van der Waals surface area contributed by atoms with Gasteiger partial charge in [0.05, 0.1) is 12.5 Å². The number of fused-ring (bicyclic) bond motifs is 1. The monoisotopic (exact) mass is 201 g/mol. The Labute approximate surface area is 90.3 Å². The zero-order chi connectivity index (χ0) is 10.7. The van der Waals surface area contributed by atoms with Gasteiger partial charge in [0.15, 0.2) is 0 Å². The van der Waals surface area contributed by atoms with Crippen molar-refractivity contribution in [1.29, 1.82) is 5.26 Å². The van der Waals surface area contributed by atoms with Crippen molar-refractivity contribution in [1.82, 2.24) is 0 Å². The second-order valence-corrected chi connectivity index (χ2v) is 3.85. The van der Waals surface area contributed by atoms with Crippen LogP contribution in [0.1, 0.15) is 12.0 Å². The molecule has 0 radical (unpaired) electrons. The number of hydrogen-bond acceptors (Lipinski definition) is 3. The summed E-state index contributed by atoms with van der Waals surface area (Å²) >= 11 is 0. The van der Waals surface area contributed by atoms with Gasteiger partial charge in [-0.1, -0.05) is 0 Å². The lowest BCUT2D eigenvalue weighted by Gasteiger charge is -2.12. The highest BCUT2D eigenvalue weighted by Gasteiger charge is 2.15. The van der Waals surface area contributed by atoms with Crippen LogP contribution in [0, 0.1) is 11.3 Å². The summed E-state index contributed by atoms with van der Waals surface area (Å²) in [7, 11) is 2.12. The van der Waals surface area contributed by atoms with Crippen LogP contribution in [0.25, 0.3) is 0 Å². The number of nitriles is 1. The van der Waals surface area contributed by atoms with Crippen molar-refractivity contribution in [3.63, 3.8) is 0 Å². The lowest BCUT2D eigenvalue weighted by atomic mass is 10.1. The molecule has 1 N–H and O–H groups in total. The Balaban J connectivity index is 2.07. The predicted octanol–water partition coefficient (Wildman–Crippen LogP) is 2.00.